The maximum Gasteiger partial charge on any atom is 0.309 e. The molecule has 5 aromatic rings. The van der Waals surface area contributed by atoms with Crippen molar-refractivity contribution in [3.63, 3.8) is 0 Å². The molecule has 1 aliphatic carbocycles. The number of aryl methyl sites for hydroxylation is 3. The fourth-order valence-electron chi connectivity index (χ4n) is 6.27. The second-order valence-corrected chi connectivity index (χ2v) is 10.4. The van der Waals surface area contributed by atoms with E-state index in [1.54, 1.807) is 0 Å². The van der Waals surface area contributed by atoms with Gasteiger partial charge in [0.05, 0.1) is 35.9 Å². The van der Waals surface area contributed by atoms with Gasteiger partial charge in [0.25, 0.3) is 0 Å². The largest absolute Gasteiger partial charge is 0.469 e. The lowest BCUT2D eigenvalue weighted by Gasteiger charge is -2.20. The lowest BCUT2D eigenvalue weighted by Crippen LogP contribution is -2.27. The van der Waals surface area contributed by atoms with Crippen molar-refractivity contribution >= 4 is 33.6 Å². The van der Waals surface area contributed by atoms with Gasteiger partial charge in [0.15, 0.2) is 0 Å². The van der Waals surface area contributed by atoms with E-state index >= 15 is 0 Å². The van der Waals surface area contributed by atoms with Gasteiger partial charge in [-0.15, -0.1) is 0 Å². The zero-order chi connectivity index (χ0) is 25.4. The van der Waals surface area contributed by atoms with Crippen LogP contribution in [0.5, 0.6) is 0 Å². The first-order chi connectivity index (χ1) is 17.9. The zero-order valence-corrected chi connectivity index (χ0v) is 21.3. The first kappa shape index (κ1) is 22.0. The number of nitrogens with zero attached hydrogens (tertiary/aromatic N) is 6. The van der Waals surface area contributed by atoms with Gasteiger partial charge in [-0.05, 0) is 55.5 Å². The van der Waals surface area contributed by atoms with Crippen molar-refractivity contribution in [2.45, 2.75) is 13.8 Å². The second kappa shape index (κ2) is 7.90. The Morgan fingerprint density at radius 2 is 1.84 bits per heavy atom. The third kappa shape index (κ3) is 3.35. The van der Waals surface area contributed by atoms with Gasteiger partial charge in [-0.1, -0.05) is 23.8 Å². The predicted molar refractivity (Wildman–Crippen MR) is 143 cm³/mol. The Labute approximate surface area is 214 Å². The van der Waals surface area contributed by atoms with E-state index < -0.39 is 0 Å². The lowest BCUT2D eigenvalue weighted by atomic mass is 10.0. The molecule has 37 heavy (non-hydrogen) atoms. The van der Waals surface area contributed by atoms with E-state index in [4.69, 9.17) is 14.8 Å². The molecule has 1 saturated heterocycles. The van der Waals surface area contributed by atoms with Crippen molar-refractivity contribution in [1.82, 2.24) is 24.5 Å². The highest BCUT2D eigenvalue weighted by Crippen LogP contribution is 2.52. The first-order valence-corrected chi connectivity index (χ1v) is 12.6. The first-order valence-electron chi connectivity index (χ1n) is 12.6. The molecule has 4 heterocycles. The van der Waals surface area contributed by atoms with Crippen LogP contribution in [-0.4, -0.2) is 50.7 Å². The Balaban J connectivity index is 1.28. The summed E-state index contributed by atoms with van der Waals surface area (Å²) < 4.78 is 8.80. The minimum Gasteiger partial charge on any atom is -0.469 e. The van der Waals surface area contributed by atoms with Crippen molar-refractivity contribution in [2.24, 2.45) is 24.8 Å². The van der Waals surface area contributed by atoms with Crippen LogP contribution < -0.4 is 4.90 Å². The van der Waals surface area contributed by atoms with Gasteiger partial charge in [-0.2, -0.15) is 10.2 Å². The Kier molecular flexibility index (Phi) is 4.70. The van der Waals surface area contributed by atoms with Gasteiger partial charge < -0.3 is 9.64 Å². The Morgan fingerprint density at radius 1 is 1.03 bits per heavy atom. The molecule has 186 valence electrons. The SMILES string of the molecule is COC(=O)C1C2CN(c3ccc(-n4nc(-c5cccc6nn(C)cc56)c5cc(C)cc(C)c54)cn3)CC21. The monoisotopic (exact) mass is 492 g/mol. The van der Waals surface area contributed by atoms with Crippen LogP contribution >= 0.6 is 0 Å². The van der Waals surface area contributed by atoms with Crippen molar-refractivity contribution in [3.05, 3.63) is 66.0 Å². The summed E-state index contributed by atoms with van der Waals surface area (Å²) in [6.45, 7) is 5.95. The van der Waals surface area contributed by atoms with Gasteiger partial charge in [0.2, 0.25) is 0 Å². The van der Waals surface area contributed by atoms with Gasteiger partial charge in [0.1, 0.15) is 11.5 Å². The number of hydrogen-bond donors (Lipinski definition) is 0. The number of carbonyl (C=O) groups is 1. The number of benzene rings is 2. The van der Waals surface area contributed by atoms with Gasteiger partial charge in [-0.25, -0.2) is 9.67 Å². The van der Waals surface area contributed by atoms with Crippen molar-refractivity contribution < 1.29 is 9.53 Å². The van der Waals surface area contributed by atoms with Crippen LogP contribution in [0.2, 0.25) is 0 Å². The molecular weight excluding hydrogens is 464 g/mol. The number of carbonyl (C=O) groups excluding carboxylic acids is 1. The summed E-state index contributed by atoms with van der Waals surface area (Å²) in [5, 5.41) is 11.9. The Hall–Kier alpha value is -4.20. The molecule has 2 fully saturated rings. The second-order valence-electron chi connectivity index (χ2n) is 10.4. The average Bonchev–Trinajstić information content (AvgIpc) is 3.24. The number of aromatic nitrogens is 5. The van der Waals surface area contributed by atoms with E-state index in [0.717, 1.165) is 57.7 Å². The molecule has 8 nitrogen and oxygen atoms in total. The highest BCUT2D eigenvalue weighted by atomic mass is 16.5. The molecule has 1 aliphatic heterocycles. The molecule has 8 heteroatoms. The highest BCUT2D eigenvalue weighted by molar-refractivity contribution is 6.03. The van der Waals surface area contributed by atoms with E-state index in [9.17, 15) is 4.79 Å². The molecule has 2 atom stereocenters. The molecule has 0 N–H and O–H groups in total. The summed E-state index contributed by atoms with van der Waals surface area (Å²) >= 11 is 0. The molecule has 1 saturated carbocycles. The number of esters is 1. The molecule has 0 spiro atoms. The van der Waals surface area contributed by atoms with Crippen LogP contribution in [0.1, 0.15) is 11.1 Å². The third-order valence-corrected chi connectivity index (χ3v) is 8.00. The van der Waals surface area contributed by atoms with Gasteiger partial charge in [0, 0.05) is 42.7 Å². The van der Waals surface area contributed by atoms with E-state index in [1.165, 1.54) is 18.2 Å². The standard InChI is InChI=1S/C29H28N6O2/c1-16-10-17(2)28-20(11-16)27(19-6-5-7-24-21(19)13-33(3)31-24)32-35(28)18-8-9-25(30-12-18)34-14-22-23(15-34)26(22)29(36)37-4/h5-13,22-23,26H,14-15H2,1-4H3. The fourth-order valence-corrected chi connectivity index (χ4v) is 6.27. The maximum atomic E-state index is 11.9. The van der Waals surface area contributed by atoms with Crippen molar-refractivity contribution in [1.29, 1.82) is 0 Å². The molecule has 7 rings (SSSR count). The summed E-state index contributed by atoms with van der Waals surface area (Å²) in [4.78, 5) is 19.0. The number of piperidine rings is 1. The topological polar surface area (TPSA) is 78.1 Å². The van der Waals surface area contributed by atoms with E-state index in [1.807, 2.05) is 34.7 Å². The molecule has 2 aliphatic rings. The lowest BCUT2D eigenvalue weighted by molar-refractivity contribution is -0.142. The van der Waals surface area contributed by atoms with Gasteiger partial charge in [-0.3, -0.25) is 9.48 Å². The summed E-state index contributed by atoms with van der Waals surface area (Å²) in [7, 11) is 3.42. The van der Waals surface area contributed by atoms with Crippen LogP contribution in [0.3, 0.4) is 0 Å². The average molecular weight is 493 g/mol. The maximum absolute atomic E-state index is 11.9. The number of rotatable bonds is 4. The minimum atomic E-state index is -0.0769. The summed E-state index contributed by atoms with van der Waals surface area (Å²) in [5.41, 5.74) is 7.34. The Morgan fingerprint density at radius 3 is 2.57 bits per heavy atom. The van der Waals surface area contributed by atoms with E-state index in [-0.39, 0.29) is 11.9 Å². The molecule has 2 aromatic carbocycles. The third-order valence-electron chi connectivity index (χ3n) is 8.00. The quantitative estimate of drug-likeness (QED) is 0.345. The van der Waals surface area contributed by atoms with Crippen LogP contribution in [0.15, 0.2) is 54.9 Å². The number of hydrogen-bond acceptors (Lipinski definition) is 6. The van der Waals surface area contributed by atoms with Crippen LogP contribution in [0, 0.1) is 31.6 Å². The number of anilines is 1. The summed E-state index contributed by atoms with van der Waals surface area (Å²) in [5.74, 6) is 1.68. The summed E-state index contributed by atoms with van der Waals surface area (Å²) in [6, 6.07) is 14.8. The molecular formula is C29H28N6O2. The molecule has 2 unspecified atom stereocenters. The molecule has 3 aromatic heterocycles. The molecule has 0 radical (unpaired) electrons. The fraction of sp³-hybridized carbons (Fsp3) is 0.310. The van der Waals surface area contributed by atoms with Crippen LogP contribution in [-0.2, 0) is 16.6 Å². The van der Waals surface area contributed by atoms with Crippen molar-refractivity contribution in [2.75, 3.05) is 25.1 Å². The zero-order valence-electron chi connectivity index (χ0n) is 21.3. The van der Waals surface area contributed by atoms with Gasteiger partial charge >= 0.3 is 5.97 Å². The minimum absolute atomic E-state index is 0.0603. The van der Waals surface area contributed by atoms with E-state index in [0.29, 0.717) is 11.8 Å². The molecule has 0 amide bonds. The number of fused-ring (bicyclic) bond motifs is 3. The number of methoxy groups -OCH3 is 1. The smallest absolute Gasteiger partial charge is 0.309 e. The molecule has 0 bridgehead atoms. The normalized spacial score (nSPS) is 20.5. The van der Waals surface area contributed by atoms with Crippen LogP contribution in [0.4, 0.5) is 5.82 Å². The number of ether oxygens (including phenoxy) is 1. The van der Waals surface area contributed by atoms with Crippen molar-refractivity contribution in [3.8, 4) is 16.9 Å². The summed E-state index contributed by atoms with van der Waals surface area (Å²) in [6.07, 6.45) is 3.96. The number of pyridine rings is 1. The Bertz CT molecular complexity index is 1690. The predicted octanol–water partition coefficient (Wildman–Crippen LogP) is 4.45. The highest BCUT2D eigenvalue weighted by Gasteiger charge is 2.60. The van der Waals surface area contributed by atoms with E-state index in [2.05, 4.69) is 60.4 Å². The van der Waals surface area contributed by atoms with Crippen LogP contribution in [0.25, 0.3) is 38.8 Å².